The van der Waals surface area contributed by atoms with E-state index in [9.17, 15) is 5.21 Å². The van der Waals surface area contributed by atoms with Crippen LogP contribution in [0.5, 0.6) is 5.88 Å². The highest BCUT2D eigenvalue weighted by Crippen LogP contribution is 2.15. The van der Waals surface area contributed by atoms with Crippen molar-refractivity contribution in [3.05, 3.63) is 23.9 Å². The van der Waals surface area contributed by atoms with Crippen LogP contribution in [0.25, 0.3) is 0 Å². The maximum atomic E-state index is 9.21. The number of amidine groups is 1. The second-order valence-corrected chi connectivity index (χ2v) is 5.38. The number of ether oxygens (including phenoxy) is 1. The minimum absolute atomic E-state index is 0.390. The second-order valence-electron chi connectivity index (χ2n) is 4.40. The fourth-order valence-corrected chi connectivity index (χ4v) is 1.64. The Morgan fingerprint density at radius 1 is 1.58 bits per heavy atom. The molecule has 1 aromatic heterocycles. The lowest BCUT2D eigenvalue weighted by Crippen LogP contribution is -2.23. The number of hydroxylamine groups is 1. The predicted molar refractivity (Wildman–Crippen MR) is 79.3 cm³/mol. The van der Waals surface area contributed by atoms with Gasteiger partial charge in [-0.2, -0.15) is 11.8 Å². The van der Waals surface area contributed by atoms with Crippen LogP contribution in [0.15, 0.2) is 23.3 Å². The fourth-order valence-electron chi connectivity index (χ4n) is 1.36. The molecule has 0 amide bonds. The van der Waals surface area contributed by atoms with Gasteiger partial charge in [0.1, 0.15) is 0 Å². The van der Waals surface area contributed by atoms with Crippen LogP contribution in [0.4, 0.5) is 0 Å². The highest BCUT2D eigenvalue weighted by molar-refractivity contribution is 7.98. The molecule has 1 heterocycles. The lowest BCUT2D eigenvalue weighted by molar-refractivity contribution is 0.232. The van der Waals surface area contributed by atoms with E-state index < -0.39 is 0 Å². The maximum absolute atomic E-state index is 9.21. The molecule has 0 saturated carbocycles. The molecular formula is C13H21N3O2S. The van der Waals surface area contributed by atoms with Crippen LogP contribution in [-0.2, 0) is 0 Å². The average Bonchev–Trinajstić information content (AvgIpc) is 2.42. The standard InChI is InChI=1S/C13H21N3O2S/c1-10(2)9-18-13-11(5-4-6-15-13)12(16-17)14-7-8-19-3/h4-6,10,17H,7-9H2,1-3H3,(H,14,16). The Morgan fingerprint density at radius 3 is 3.00 bits per heavy atom. The van der Waals surface area contributed by atoms with Crippen LogP contribution < -0.4 is 10.2 Å². The van der Waals surface area contributed by atoms with E-state index in [2.05, 4.69) is 29.3 Å². The van der Waals surface area contributed by atoms with Crippen molar-refractivity contribution in [2.75, 3.05) is 25.2 Å². The molecule has 0 spiro atoms. The van der Waals surface area contributed by atoms with Gasteiger partial charge in [0.05, 0.1) is 18.7 Å². The molecule has 1 aromatic rings. The summed E-state index contributed by atoms with van der Waals surface area (Å²) in [6, 6.07) is 3.61. The molecule has 0 aromatic carbocycles. The van der Waals surface area contributed by atoms with Gasteiger partial charge in [0.25, 0.3) is 0 Å². The number of nitrogens with zero attached hydrogens (tertiary/aromatic N) is 2. The quantitative estimate of drug-likeness (QED) is 0.347. The molecule has 5 nitrogen and oxygen atoms in total. The van der Waals surface area contributed by atoms with Gasteiger partial charge >= 0.3 is 0 Å². The molecule has 0 aliphatic carbocycles. The number of hydrogen-bond donors (Lipinski definition) is 2. The smallest absolute Gasteiger partial charge is 0.224 e. The molecule has 19 heavy (non-hydrogen) atoms. The van der Waals surface area contributed by atoms with E-state index in [1.807, 2.05) is 12.3 Å². The van der Waals surface area contributed by atoms with Crippen molar-refractivity contribution in [1.82, 2.24) is 10.5 Å². The van der Waals surface area contributed by atoms with Crippen molar-refractivity contribution in [3.63, 3.8) is 0 Å². The van der Waals surface area contributed by atoms with Gasteiger partial charge < -0.3 is 4.74 Å². The van der Waals surface area contributed by atoms with Gasteiger partial charge in [-0.3, -0.25) is 15.7 Å². The predicted octanol–water partition coefficient (Wildman–Crippen LogP) is 2.20. The van der Waals surface area contributed by atoms with E-state index in [4.69, 9.17) is 4.74 Å². The molecule has 0 aliphatic rings. The minimum atomic E-state index is 0.390. The van der Waals surface area contributed by atoms with Crippen LogP contribution in [-0.4, -0.2) is 41.2 Å². The maximum Gasteiger partial charge on any atom is 0.224 e. The van der Waals surface area contributed by atoms with Crippen molar-refractivity contribution in [2.45, 2.75) is 13.8 Å². The summed E-state index contributed by atoms with van der Waals surface area (Å²) in [6.07, 6.45) is 3.68. The molecule has 106 valence electrons. The molecular weight excluding hydrogens is 262 g/mol. The molecule has 0 radical (unpaired) electrons. The average molecular weight is 283 g/mol. The zero-order chi connectivity index (χ0) is 14.1. The Morgan fingerprint density at radius 2 is 2.37 bits per heavy atom. The van der Waals surface area contributed by atoms with Crippen molar-refractivity contribution < 1.29 is 9.94 Å². The third-order valence-corrected chi connectivity index (χ3v) is 2.84. The number of hydrogen-bond acceptors (Lipinski definition) is 5. The van der Waals surface area contributed by atoms with E-state index in [1.54, 1.807) is 24.0 Å². The first-order chi connectivity index (χ1) is 9.19. The van der Waals surface area contributed by atoms with Gasteiger partial charge in [-0.05, 0) is 24.3 Å². The summed E-state index contributed by atoms with van der Waals surface area (Å²) < 4.78 is 5.64. The number of aromatic nitrogens is 1. The molecule has 0 aliphatic heterocycles. The monoisotopic (exact) mass is 283 g/mol. The number of thioether (sulfide) groups is 1. The topological polar surface area (TPSA) is 66.7 Å². The Hall–Kier alpha value is -1.27. The van der Waals surface area contributed by atoms with Crippen molar-refractivity contribution in [1.29, 1.82) is 0 Å². The Kier molecular flexibility index (Phi) is 7.28. The fraction of sp³-hybridized carbons (Fsp3) is 0.538. The van der Waals surface area contributed by atoms with E-state index >= 15 is 0 Å². The first-order valence-electron chi connectivity index (χ1n) is 6.20. The number of pyridine rings is 1. The highest BCUT2D eigenvalue weighted by Gasteiger charge is 2.11. The van der Waals surface area contributed by atoms with Crippen molar-refractivity contribution in [3.8, 4) is 5.88 Å². The molecule has 0 unspecified atom stereocenters. The van der Waals surface area contributed by atoms with Gasteiger partial charge in [-0.25, -0.2) is 4.98 Å². The van der Waals surface area contributed by atoms with Crippen LogP contribution in [0.1, 0.15) is 19.4 Å². The van der Waals surface area contributed by atoms with Crippen molar-refractivity contribution in [2.24, 2.45) is 10.9 Å². The molecule has 0 bridgehead atoms. The first-order valence-corrected chi connectivity index (χ1v) is 7.60. The van der Waals surface area contributed by atoms with Gasteiger partial charge in [0.15, 0.2) is 5.84 Å². The third kappa shape index (κ3) is 5.48. The largest absolute Gasteiger partial charge is 0.477 e. The first kappa shape index (κ1) is 15.8. The lowest BCUT2D eigenvalue weighted by Gasteiger charge is -2.12. The molecule has 0 atom stereocenters. The summed E-state index contributed by atoms with van der Waals surface area (Å²) in [5.41, 5.74) is 2.80. The van der Waals surface area contributed by atoms with Crippen LogP contribution in [0.3, 0.4) is 0 Å². The van der Waals surface area contributed by atoms with Crippen LogP contribution in [0, 0.1) is 5.92 Å². The molecule has 0 saturated heterocycles. The molecule has 0 fully saturated rings. The zero-order valence-electron chi connectivity index (χ0n) is 11.6. The molecule has 2 N–H and O–H groups in total. The Balaban J connectivity index is 2.86. The number of rotatable bonds is 7. The van der Waals surface area contributed by atoms with E-state index in [1.165, 1.54) is 0 Å². The zero-order valence-corrected chi connectivity index (χ0v) is 12.4. The summed E-state index contributed by atoms with van der Waals surface area (Å²) >= 11 is 1.70. The van der Waals surface area contributed by atoms with Crippen molar-refractivity contribution >= 4 is 17.6 Å². The summed E-state index contributed by atoms with van der Waals surface area (Å²) in [5, 5.41) is 9.21. The number of nitrogens with one attached hydrogen (secondary N) is 1. The van der Waals surface area contributed by atoms with E-state index in [-0.39, 0.29) is 0 Å². The third-order valence-electron chi connectivity index (χ3n) is 2.25. The molecule has 6 heteroatoms. The van der Waals surface area contributed by atoms with Crippen LogP contribution in [0.2, 0.25) is 0 Å². The lowest BCUT2D eigenvalue weighted by atomic mass is 10.2. The Bertz CT molecular complexity index is 411. The Labute approximate surface area is 118 Å². The summed E-state index contributed by atoms with van der Waals surface area (Å²) in [7, 11) is 0. The van der Waals surface area contributed by atoms with Gasteiger partial charge in [-0.15, -0.1) is 0 Å². The van der Waals surface area contributed by atoms with Crippen LogP contribution >= 0.6 is 11.8 Å². The van der Waals surface area contributed by atoms with E-state index in [0.717, 1.165) is 5.75 Å². The van der Waals surface area contributed by atoms with Gasteiger partial charge in [0, 0.05) is 11.9 Å². The second kappa shape index (κ2) is 8.77. The normalized spacial score (nSPS) is 11.7. The number of aliphatic imine (C=N–C) groups is 1. The summed E-state index contributed by atoms with van der Waals surface area (Å²) in [4.78, 5) is 8.49. The van der Waals surface area contributed by atoms with Gasteiger partial charge in [0.2, 0.25) is 5.88 Å². The SMILES string of the molecule is CSCCN=C(NO)c1cccnc1OCC(C)C. The van der Waals surface area contributed by atoms with E-state index in [0.29, 0.717) is 36.3 Å². The molecule has 1 rings (SSSR count). The van der Waals surface area contributed by atoms with Gasteiger partial charge in [-0.1, -0.05) is 13.8 Å². The summed E-state index contributed by atoms with van der Waals surface area (Å²) in [6.45, 7) is 5.34. The summed E-state index contributed by atoms with van der Waals surface area (Å²) in [5.74, 6) is 2.18. The minimum Gasteiger partial charge on any atom is -0.477 e. The highest BCUT2D eigenvalue weighted by atomic mass is 32.2.